The van der Waals surface area contributed by atoms with Crippen molar-refractivity contribution in [1.82, 2.24) is 5.32 Å². The lowest BCUT2D eigenvalue weighted by atomic mass is 10.2. The van der Waals surface area contributed by atoms with Crippen LogP contribution in [0.25, 0.3) is 6.08 Å². The Morgan fingerprint density at radius 3 is 2.54 bits per heavy atom. The van der Waals surface area contributed by atoms with Crippen molar-refractivity contribution >= 4 is 12.0 Å². The summed E-state index contributed by atoms with van der Waals surface area (Å²) in [5.74, 6) is 1.41. The van der Waals surface area contributed by atoms with Gasteiger partial charge >= 0.3 is 0 Å². The molecule has 1 aromatic carbocycles. The van der Waals surface area contributed by atoms with Gasteiger partial charge in [0.2, 0.25) is 5.91 Å². The lowest BCUT2D eigenvalue weighted by molar-refractivity contribution is -0.116. The number of benzene rings is 1. The average molecular weight is 333 g/mol. The number of ether oxygens (including phenoxy) is 2. The molecule has 0 aliphatic heterocycles. The first-order valence-corrected chi connectivity index (χ1v) is 9.06. The largest absolute Gasteiger partial charge is 0.490 e. The minimum Gasteiger partial charge on any atom is -0.490 e. The number of hydrogen-bond acceptors (Lipinski definition) is 3. The SMILES string of the molecule is CCCCCNC(=O)/C=C/c1ccc(OCCCC)c(OCC)c1. The molecule has 0 aliphatic carbocycles. The van der Waals surface area contributed by atoms with Gasteiger partial charge in [-0.1, -0.05) is 39.2 Å². The zero-order chi connectivity index (χ0) is 17.6. The Kier molecular flexibility index (Phi) is 10.4. The normalized spacial score (nSPS) is 10.8. The molecule has 1 N–H and O–H groups in total. The highest BCUT2D eigenvalue weighted by Crippen LogP contribution is 2.29. The molecule has 0 atom stereocenters. The van der Waals surface area contributed by atoms with Gasteiger partial charge in [-0.3, -0.25) is 4.79 Å². The third-order valence-corrected chi connectivity index (χ3v) is 3.53. The smallest absolute Gasteiger partial charge is 0.243 e. The van der Waals surface area contributed by atoms with E-state index in [1.54, 1.807) is 12.2 Å². The standard InChI is InChI=1S/C20H31NO3/c1-4-7-9-14-21-20(22)13-11-17-10-12-18(24-15-8-5-2)19(16-17)23-6-3/h10-13,16H,4-9,14-15H2,1-3H3,(H,21,22)/b13-11+. The third-order valence-electron chi connectivity index (χ3n) is 3.53. The number of rotatable bonds is 12. The highest BCUT2D eigenvalue weighted by Gasteiger charge is 2.05. The number of amides is 1. The van der Waals surface area contributed by atoms with Gasteiger partial charge in [-0.15, -0.1) is 0 Å². The summed E-state index contributed by atoms with van der Waals surface area (Å²) in [6.07, 6.45) is 8.79. The van der Waals surface area contributed by atoms with Crippen molar-refractivity contribution in [1.29, 1.82) is 0 Å². The first-order chi connectivity index (χ1) is 11.7. The van der Waals surface area contributed by atoms with Crippen molar-refractivity contribution in [3.05, 3.63) is 29.8 Å². The topological polar surface area (TPSA) is 47.6 Å². The Morgan fingerprint density at radius 2 is 1.83 bits per heavy atom. The van der Waals surface area contributed by atoms with Gasteiger partial charge < -0.3 is 14.8 Å². The van der Waals surface area contributed by atoms with Crippen LogP contribution in [0.2, 0.25) is 0 Å². The predicted octanol–water partition coefficient (Wildman–Crippen LogP) is 4.58. The number of nitrogens with one attached hydrogen (secondary N) is 1. The van der Waals surface area contributed by atoms with E-state index < -0.39 is 0 Å². The number of unbranched alkanes of at least 4 members (excludes halogenated alkanes) is 3. The van der Waals surface area contributed by atoms with Crippen LogP contribution >= 0.6 is 0 Å². The van der Waals surface area contributed by atoms with Crippen molar-refractivity contribution in [2.24, 2.45) is 0 Å². The van der Waals surface area contributed by atoms with E-state index in [1.807, 2.05) is 25.1 Å². The third kappa shape index (κ3) is 8.04. The molecule has 0 fully saturated rings. The van der Waals surface area contributed by atoms with E-state index in [2.05, 4.69) is 19.2 Å². The van der Waals surface area contributed by atoms with Crippen LogP contribution in [0.3, 0.4) is 0 Å². The van der Waals surface area contributed by atoms with Gasteiger partial charge in [0, 0.05) is 12.6 Å². The van der Waals surface area contributed by atoms with E-state index in [0.29, 0.717) is 13.2 Å². The van der Waals surface area contributed by atoms with Gasteiger partial charge in [0.05, 0.1) is 13.2 Å². The summed E-state index contributed by atoms with van der Waals surface area (Å²) in [6.45, 7) is 8.22. The molecule has 4 heteroatoms. The summed E-state index contributed by atoms with van der Waals surface area (Å²) >= 11 is 0. The maximum atomic E-state index is 11.8. The van der Waals surface area contributed by atoms with Crippen LogP contribution in [0.1, 0.15) is 58.4 Å². The average Bonchev–Trinajstić information content (AvgIpc) is 2.59. The Bertz CT molecular complexity index is 512. The first-order valence-electron chi connectivity index (χ1n) is 9.06. The van der Waals surface area contributed by atoms with Gasteiger partial charge in [0.1, 0.15) is 0 Å². The van der Waals surface area contributed by atoms with Gasteiger partial charge in [-0.2, -0.15) is 0 Å². The molecule has 0 unspecified atom stereocenters. The number of hydrogen-bond donors (Lipinski definition) is 1. The van der Waals surface area contributed by atoms with Crippen molar-refractivity contribution in [2.45, 2.75) is 52.9 Å². The van der Waals surface area contributed by atoms with Crippen LogP contribution in [0, 0.1) is 0 Å². The van der Waals surface area contributed by atoms with E-state index in [-0.39, 0.29) is 5.91 Å². The van der Waals surface area contributed by atoms with E-state index >= 15 is 0 Å². The lowest BCUT2D eigenvalue weighted by Crippen LogP contribution is -2.21. The molecule has 0 saturated carbocycles. The van der Waals surface area contributed by atoms with Crippen molar-refractivity contribution in [3.8, 4) is 11.5 Å². The number of carbonyl (C=O) groups is 1. The molecule has 0 saturated heterocycles. The fourth-order valence-corrected chi connectivity index (χ4v) is 2.16. The lowest BCUT2D eigenvalue weighted by Gasteiger charge is -2.12. The molecular weight excluding hydrogens is 302 g/mol. The second-order valence-corrected chi connectivity index (χ2v) is 5.67. The number of carbonyl (C=O) groups excluding carboxylic acids is 1. The monoisotopic (exact) mass is 333 g/mol. The summed E-state index contributed by atoms with van der Waals surface area (Å²) in [5, 5.41) is 2.89. The highest BCUT2D eigenvalue weighted by atomic mass is 16.5. The molecule has 0 bridgehead atoms. The molecule has 134 valence electrons. The summed E-state index contributed by atoms with van der Waals surface area (Å²) in [5.41, 5.74) is 0.921. The molecule has 1 rings (SSSR count). The molecule has 0 radical (unpaired) electrons. The van der Waals surface area contributed by atoms with Crippen LogP contribution in [0.5, 0.6) is 11.5 Å². The molecule has 0 heterocycles. The first kappa shape index (κ1) is 20.1. The second-order valence-electron chi connectivity index (χ2n) is 5.67. The van der Waals surface area contributed by atoms with E-state index in [4.69, 9.17) is 9.47 Å². The molecule has 24 heavy (non-hydrogen) atoms. The minimum absolute atomic E-state index is 0.0627. The maximum Gasteiger partial charge on any atom is 0.243 e. The van der Waals surface area contributed by atoms with Gasteiger partial charge in [0.25, 0.3) is 0 Å². The fraction of sp³-hybridized carbons (Fsp3) is 0.550. The zero-order valence-corrected chi connectivity index (χ0v) is 15.3. The van der Waals surface area contributed by atoms with Crippen LogP contribution in [0.4, 0.5) is 0 Å². The molecule has 4 nitrogen and oxygen atoms in total. The van der Waals surface area contributed by atoms with Crippen molar-refractivity contribution in [3.63, 3.8) is 0 Å². The highest BCUT2D eigenvalue weighted by molar-refractivity contribution is 5.91. The van der Waals surface area contributed by atoms with Crippen molar-refractivity contribution in [2.75, 3.05) is 19.8 Å². The molecular formula is C20H31NO3. The fourth-order valence-electron chi connectivity index (χ4n) is 2.16. The molecule has 1 aromatic rings. The van der Waals surface area contributed by atoms with Gasteiger partial charge in [-0.05, 0) is 43.5 Å². The Balaban J connectivity index is 2.62. The summed E-state index contributed by atoms with van der Waals surface area (Å²) in [7, 11) is 0. The van der Waals surface area contributed by atoms with Gasteiger partial charge in [-0.25, -0.2) is 0 Å². The van der Waals surface area contributed by atoms with E-state index in [9.17, 15) is 4.79 Å². The summed E-state index contributed by atoms with van der Waals surface area (Å²) in [4.78, 5) is 11.8. The second kappa shape index (κ2) is 12.5. The maximum absolute atomic E-state index is 11.8. The predicted molar refractivity (Wildman–Crippen MR) is 99.6 cm³/mol. The van der Waals surface area contributed by atoms with Gasteiger partial charge in [0.15, 0.2) is 11.5 Å². The molecule has 0 aromatic heterocycles. The Labute approximate surface area is 146 Å². The molecule has 1 amide bonds. The molecule has 0 aliphatic rings. The van der Waals surface area contributed by atoms with Crippen molar-refractivity contribution < 1.29 is 14.3 Å². The zero-order valence-electron chi connectivity index (χ0n) is 15.3. The summed E-state index contributed by atoms with van der Waals surface area (Å²) in [6, 6.07) is 5.75. The molecule has 0 spiro atoms. The van der Waals surface area contributed by atoms with Crippen LogP contribution in [-0.2, 0) is 4.79 Å². The van der Waals surface area contributed by atoms with Crippen LogP contribution in [0.15, 0.2) is 24.3 Å². The Morgan fingerprint density at radius 1 is 1.04 bits per heavy atom. The minimum atomic E-state index is -0.0627. The quantitative estimate of drug-likeness (QED) is 0.450. The Hall–Kier alpha value is -1.97. The van der Waals surface area contributed by atoms with Crippen LogP contribution < -0.4 is 14.8 Å². The van der Waals surface area contributed by atoms with Crippen LogP contribution in [-0.4, -0.2) is 25.7 Å². The van der Waals surface area contributed by atoms with E-state index in [1.165, 1.54) is 0 Å². The summed E-state index contributed by atoms with van der Waals surface area (Å²) < 4.78 is 11.4. The van der Waals surface area contributed by atoms with E-state index in [0.717, 1.165) is 55.7 Å².